The number of nitrogens with zero attached hydrogens (tertiary/aromatic N) is 1. The normalized spacial score (nSPS) is 10.6. The highest BCUT2D eigenvalue weighted by Gasteiger charge is 2.14. The Bertz CT molecular complexity index is 1280. The van der Waals surface area contributed by atoms with Crippen LogP contribution in [0.15, 0.2) is 71.8 Å². The minimum atomic E-state index is -0.548. The molecule has 2 amide bonds. The molecule has 0 aliphatic carbocycles. The molecular weight excluding hydrogens is 498 g/mol. The largest absolute Gasteiger partial charge is 0.494 e. The van der Waals surface area contributed by atoms with E-state index >= 15 is 0 Å². The summed E-state index contributed by atoms with van der Waals surface area (Å²) in [4.78, 5) is 36.6. The van der Waals surface area contributed by atoms with Crippen molar-refractivity contribution in [1.82, 2.24) is 10.7 Å². The van der Waals surface area contributed by atoms with Crippen LogP contribution in [0, 0.1) is 0 Å². The maximum Gasteiger partial charge on any atom is 0.343 e. The summed E-state index contributed by atoms with van der Waals surface area (Å²) in [5.41, 5.74) is 3.53. The van der Waals surface area contributed by atoms with Crippen LogP contribution in [-0.4, -0.2) is 44.3 Å². The van der Waals surface area contributed by atoms with Crippen molar-refractivity contribution < 1.29 is 28.6 Å². The van der Waals surface area contributed by atoms with Crippen LogP contribution in [0.4, 0.5) is 0 Å². The number of amides is 2. The topological polar surface area (TPSA) is 115 Å². The minimum Gasteiger partial charge on any atom is -0.494 e. The van der Waals surface area contributed by atoms with E-state index in [-0.39, 0.29) is 22.9 Å². The molecule has 0 aliphatic rings. The molecule has 0 spiro atoms. The van der Waals surface area contributed by atoms with Gasteiger partial charge in [-0.25, -0.2) is 10.2 Å². The van der Waals surface area contributed by atoms with E-state index in [9.17, 15) is 14.4 Å². The van der Waals surface area contributed by atoms with Crippen LogP contribution >= 0.6 is 11.6 Å². The molecule has 0 aliphatic heterocycles. The van der Waals surface area contributed by atoms with Crippen molar-refractivity contribution >= 4 is 35.6 Å². The van der Waals surface area contributed by atoms with E-state index in [0.29, 0.717) is 29.2 Å². The van der Waals surface area contributed by atoms with Gasteiger partial charge in [0.15, 0.2) is 11.5 Å². The number of carbonyl (C=O) groups is 3. The van der Waals surface area contributed by atoms with Crippen LogP contribution in [0.25, 0.3) is 0 Å². The van der Waals surface area contributed by atoms with Gasteiger partial charge in [-0.3, -0.25) is 9.59 Å². The lowest BCUT2D eigenvalue weighted by atomic mass is 10.2. The molecule has 10 heteroatoms. The molecule has 0 unspecified atom stereocenters. The number of ether oxygens (including phenoxy) is 3. The Morgan fingerprint density at radius 1 is 1.00 bits per heavy atom. The molecule has 192 valence electrons. The Morgan fingerprint density at radius 2 is 1.76 bits per heavy atom. The van der Waals surface area contributed by atoms with Crippen molar-refractivity contribution in [1.29, 1.82) is 0 Å². The quantitative estimate of drug-likeness (QED) is 0.168. The zero-order valence-corrected chi connectivity index (χ0v) is 21.1. The van der Waals surface area contributed by atoms with E-state index in [0.717, 1.165) is 6.42 Å². The second kappa shape index (κ2) is 13.6. The van der Waals surface area contributed by atoms with Gasteiger partial charge in [0.2, 0.25) is 0 Å². The van der Waals surface area contributed by atoms with Crippen molar-refractivity contribution in [3.05, 3.63) is 88.4 Å². The highest BCUT2D eigenvalue weighted by atomic mass is 35.5. The molecule has 2 N–H and O–H groups in total. The van der Waals surface area contributed by atoms with Crippen molar-refractivity contribution in [2.24, 2.45) is 5.10 Å². The molecule has 0 radical (unpaired) electrons. The fourth-order valence-electron chi connectivity index (χ4n) is 3.03. The zero-order chi connectivity index (χ0) is 26.6. The van der Waals surface area contributed by atoms with E-state index in [1.807, 2.05) is 6.92 Å². The number of nitrogens with one attached hydrogen (secondary N) is 2. The standard InChI is InChI=1S/C27H26ClN3O6/c1-3-14-36-20-11-9-19(10-12-20)27(34)37-23-13-8-18(15-24(23)35-2)16-30-31-25(32)17-29-26(33)21-6-4-5-7-22(21)28/h4-13,15-16H,3,14,17H2,1-2H3,(H,29,33)(H,31,32). The number of halogens is 1. The lowest BCUT2D eigenvalue weighted by molar-refractivity contribution is -0.120. The number of benzene rings is 3. The average molecular weight is 524 g/mol. The summed E-state index contributed by atoms with van der Waals surface area (Å²) < 4.78 is 16.3. The number of hydrazone groups is 1. The minimum absolute atomic E-state index is 0.224. The SMILES string of the molecule is CCCOc1ccc(C(=O)Oc2ccc(C=NNC(=O)CNC(=O)c3ccccc3Cl)cc2OC)cc1. The number of carbonyl (C=O) groups excluding carboxylic acids is 3. The maximum absolute atomic E-state index is 12.5. The van der Waals surface area contributed by atoms with Crippen molar-refractivity contribution in [2.75, 3.05) is 20.3 Å². The van der Waals surface area contributed by atoms with Crippen molar-refractivity contribution in [3.63, 3.8) is 0 Å². The summed E-state index contributed by atoms with van der Waals surface area (Å²) >= 11 is 5.97. The number of hydrogen-bond donors (Lipinski definition) is 2. The van der Waals surface area contributed by atoms with Crippen LogP contribution in [0.1, 0.15) is 39.6 Å². The fourth-order valence-corrected chi connectivity index (χ4v) is 3.26. The first-order chi connectivity index (χ1) is 17.9. The molecule has 0 fully saturated rings. The Kier molecular flexibility index (Phi) is 10.0. The molecule has 37 heavy (non-hydrogen) atoms. The van der Waals surface area contributed by atoms with E-state index in [1.165, 1.54) is 13.3 Å². The lowest BCUT2D eigenvalue weighted by Crippen LogP contribution is -2.35. The molecule has 0 saturated heterocycles. The molecule has 9 nitrogen and oxygen atoms in total. The molecule has 0 saturated carbocycles. The highest BCUT2D eigenvalue weighted by Crippen LogP contribution is 2.28. The second-order valence-electron chi connectivity index (χ2n) is 7.63. The lowest BCUT2D eigenvalue weighted by Gasteiger charge is -2.10. The van der Waals surface area contributed by atoms with Crippen LogP contribution in [0.3, 0.4) is 0 Å². The summed E-state index contributed by atoms with van der Waals surface area (Å²) in [6, 6.07) is 18.0. The van der Waals surface area contributed by atoms with Gasteiger partial charge in [0.1, 0.15) is 5.75 Å². The Hall–Kier alpha value is -4.37. The number of hydrogen-bond acceptors (Lipinski definition) is 7. The molecular formula is C27H26ClN3O6. The molecule has 3 aromatic rings. The van der Waals surface area contributed by atoms with Gasteiger partial charge < -0.3 is 19.5 Å². The van der Waals surface area contributed by atoms with Gasteiger partial charge in [-0.15, -0.1) is 0 Å². The van der Waals surface area contributed by atoms with E-state index in [4.69, 9.17) is 25.8 Å². The highest BCUT2D eigenvalue weighted by molar-refractivity contribution is 6.33. The van der Waals surface area contributed by atoms with Crippen molar-refractivity contribution in [2.45, 2.75) is 13.3 Å². The van der Waals surface area contributed by atoms with Gasteiger partial charge in [0.25, 0.3) is 11.8 Å². The predicted molar refractivity (Wildman–Crippen MR) is 140 cm³/mol. The summed E-state index contributed by atoms with van der Waals surface area (Å²) in [5.74, 6) is -0.344. The summed E-state index contributed by atoms with van der Waals surface area (Å²) in [7, 11) is 1.44. The van der Waals surface area contributed by atoms with Crippen LogP contribution in [-0.2, 0) is 4.79 Å². The summed E-state index contributed by atoms with van der Waals surface area (Å²) in [5, 5.41) is 6.64. The monoisotopic (exact) mass is 523 g/mol. The number of methoxy groups -OCH3 is 1. The smallest absolute Gasteiger partial charge is 0.343 e. The third-order valence-corrected chi connectivity index (χ3v) is 5.21. The van der Waals surface area contributed by atoms with Gasteiger partial charge in [-0.1, -0.05) is 30.7 Å². The average Bonchev–Trinajstić information content (AvgIpc) is 2.91. The zero-order valence-electron chi connectivity index (χ0n) is 20.3. The summed E-state index contributed by atoms with van der Waals surface area (Å²) in [6.07, 6.45) is 2.27. The first-order valence-corrected chi connectivity index (χ1v) is 11.8. The Labute approximate surface area is 219 Å². The molecule has 0 aromatic heterocycles. The van der Waals surface area contributed by atoms with Crippen LogP contribution < -0.4 is 25.0 Å². The van der Waals surface area contributed by atoms with E-state index in [1.54, 1.807) is 66.7 Å². The summed E-state index contributed by atoms with van der Waals surface area (Å²) in [6.45, 7) is 2.32. The van der Waals surface area contributed by atoms with Gasteiger partial charge in [-0.05, 0) is 66.6 Å². The third-order valence-electron chi connectivity index (χ3n) is 4.88. The third kappa shape index (κ3) is 8.08. The van der Waals surface area contributed by atoms with Crippen LogP contribution in [0.5, 0.6) is 17.2 Å². The molecule has 0 heterocycles. The van der Waals surface area contributed by atoms with E-state index in [2.05, 4.69) is 15.8 Å². The van der Waals surface area contributed by atoms with Gasteiger partial charge >= 0.3 is 5.97 Å². The Balaban J connectivity index is 1.53. The molecule has 3 rings (SSSR count). The molecule has 0 atom stereocenters. The van der Waals surface area contributed by atoms with Gasteiger partial charge in [0.05, 0.1) is 42.6 Å². The van der Waals surface area contributed by atoms with Gasteiger partial charge in [-0.2, -0.15) is 5.10 Å². The van der Waals surface area contributed by atoms with E-state index < -0.39 is 17.8 Å². The van der Waals surface area contributed by atoms with Crippen LogP contribution in [0.2, 0.25) is 5.02 Å². The second-order valence-corrected chi connectivity index (χ2v) is 8.04. The van der Waals surface area contributed by atoms with Gasteiger partial charge in [0, 0.05) is 0 Å². The number of esters is 1. The first kappa shape index (κ1) is 27.2. The fraction of sp³-hybridized carbons (Fsp3) is 0.185. The maximum atomic E-state index is 12.5. The molecule has 3 aromatic carbocycles. The Morgan fingerprint density at radius 3 is 2.46 bits per heavy atom. The predicted octanol–water partition coefficient (Wildman–Crippen LogP) is 4.24. The first-order valence-electron chi connectivity index (χ1n) is 11.4. The van der Waals surface area contributed by atoms with Crippen molar-refractivity contribution in [3.8, 4) is 17.2 Å². The number of rotatable bonds is 11. The molecule has 0 bridgehead atoms.